The molecular weight excluding hydrogens is 352 g/mol. The Morgan fingerprint density at radius 1 is 1.12 bits per heavy atom. The van der Waals surface area contributed by atoms with Crippen molar-refractivity contribution in [1.29, 1.82) is 0 Å². The number of thiophene rings is 1. The summed E-state index contributed by atoms with van der Waals surface area (Å²) in [7, 11) is 1.54. The van der Waals surface area contributed by atoms with Crippen molar-refractivity contribution in [2.75, 3.05) is 17.7 Å². The number of hydrogen-bond acceptors (Lipinski definition) is 5. The molecule has 0 saturated heterocycles. The number of aryl methyl sites for hydroxylation is 1. The SMILES string of the molecule is CNC(=O)Nc1ccc(NC(=O)Cc2nc(-c3cccs3)oc2C)cc1. The van der Waals surface area contributed by atoms with Crippen molar-refractivity contribution >= 4 is 34.6 Å². The molecule has 3 amide bonds. The monoisotopic (exact) mass is 370 g/mol. The van der Waals surface area contributed by atoms with Crippen LogP contribution in [-0.4, -0.2) is 24.0 Å². The Morgan fingerprint density at radius 3 is 2.42 bits per heavy atom. The van der Waals surface area contributed by atoms with E-state index in [2.05, 4.69) is 20.9 Å². The topological polar surface area (TPSA) is 96.3 Å². The van der Waals surface area contributed by atoms with Gasteiger partial charge in [0.25, 0.3) is 0 Å². The van der Waals surface area contributed by atoms with Crippen molar-refractivity contribution in [1.82, 2.24) is 10.3 Å². The van der Waals surface area contributed by atoms with Gasteiger partial charge in [-0.3, -0.25) is 4.79 Å². The lowest BCUT2D eigenvalue weighted by Gasteiger charge is -2.07. The second kappa shape index (κ2) is 7.83. The molecular formula is C18H18N4O3S. The maximum Gasteiger partial charge on any atom is 0.318 e. The number of nitrogens with zero attached hydrogens (tertiary/aromatic N) is 1. The fourth-order valence-corrected chi connectivity index (χ4v) is 2.93. The number of carbonyl (C=O) groups excluding carboxylic acids is 2. The molecule has 3 rings (SSSR count). The van der Waals surface area contributed by atoms with Gasteiger partial charge in [-0.1, -0.05) is 6.07 Å². The lowest BCUT2D eigenvalue weighted by atomic mass is 10.2. The molecule has 7 nitrogen and oxygen atoms in total. The summed E-state index contributed by atoms with van der Waals surface area (Å²) in [4.78, 5) is 28.9. The van der Waals surface area contributed by atoms with E-state index in [0.717, 1.165) is 4.88 Å². The number of rotatable bonds is 5. The van der Waals surface area contributed by atoms with Crippen molar-refractivity contribution in [2.45, 2.75) is 13.3 Å². The molecule has 0 saturated carbocycles. The Balaban J connectivity index is 1.61. The van der Waals surface area contributed by atoms with Crippen LogP contribution in [0.5, 0.6) is 0 Å². The average Bonchev–Trinajstić information content (AvgIpc) is 3.27. The van der Waals surface area contributed by atoms with Crippen molar-refractivity contribution in [3.8, 4) is 10.8 Å². The van der Waals surface area contributed by atoms with Crippen molar-refractivity contribution < 1.29 is 14.0 Å². The molecule has 134 valence electrons. The third-order valence-corrected chi connectivity index (χ3v) is 4.46. The van der Waals surface area contributed by atoms with Gasteiger partial charge in [0.05, 0.1) is 17.0 Å². The first kappa shape index (κ1) is 17.7. The summed E-state index contributed by atoms with van der Waals surface area (Å²) < 4.78 is 5.65. The minimum Gasteiger partial charge on any atom is -0.440 e. The van der Waals surface area contributed by atoms with Gasteiger partial charge in [-0.2, -0.15) is 0 Å². The van der Waals surface area contributed by atoms with Crippen LogP contribution >= 0.6 is 11.3 Å². The number of nitrogens with one attached hydrogen (secondary N) is 3. The Labute approximate surface area is 154 Å². The van der Waals surface area contributed by atoms with Crippen LogP contribution in [0.15, 0.2) is 46.2 Å². The zero-order valence-electron chi connectivity index (χ0n) is 14.3. The molecule has 26 heavy (non-hydrogen) atoms. The van der Waals surface area contributed by atoms with Crippen molar-refractivity contribution in [3.05, 3.63) is 53.2 Å². The lowest BCUT2D eigenvalue weighted by Crippen LogP contribution is -2.24. The van der Waals surface area contributed by atoms with Crippen LogP contribution in [0.3, 0.4) is 0 Å². The van der Waals surface area contributed by atoms with Crippen LogP contribution in [0, 0.1) is 6.92 Å². The van der Waals surface area contributed by atoms with Gasteiger partial charge in [-0.15, -0.1) is 11.3 Å². The Bertz CT molecular complexity index is 901. The van der Waals surface area contributed by atoms with Crippen LogP contribution in [0.2, 0.25) is 0 Å². The smallest absolute Gasteiger partial charge is 0.318 e. The average molecular weight is 370 g/mol. The number of carbonyl (C=O) groups is 2. The molecule has 0 bridgehead atoms. The van der Waals surface area contributed by atoms with Gasteiger partial charge in [-0.25, -0.2) is 9.78 Å². The number of aromatic nitrogens is 1. The van der Waals surface area contributed by atoms with E-state index in [1.807, 2.05) is 17.5 Å². The quantitative estimate of drug-likeness (QED) is 0.639. The summed E-state index contributed by atoms with van der Waals surface area (Å²) in [6.45, 7) is 1.80. The summed E-state index contributed by atoms with van der Waals surface area (Å²) in [6, 6.07) is 10.4. The zero-order valence-corrected chi connectivity index (χ0v) is 15.1. The van der Waals surface area contributed by atoms with E-state index in [1.54, 1.807) is 38.2 Å². The Morgan fingerprint density at radius 2 is 1.81 bits per heavy atom. The predicted octanol–water partition coefficient (Wildman–Crippen LogP) is 3.64. The Kier molecular flexibility index (Phi) is 5.33. The minimum absolute atomic E-state index is 0.124. The van der Waals surface area contributed by atoms with Crippen LogP contribution in [0.1, 0.15) is 11.5 Å². The molecule has 0 spiro atoms. The second-order valence-electron chi connectivity index (χ2n) is 5.51. The second-order valence-corrected chi connectivity index (χ2v) is 6.45. The van der Waals surface area contributed by atoms with Gasteiger partial charge in [-0.05, 0) is 42.6 Å². The maximum atomic E-state index is 12.3. The molecule has 2 aromatic heterocycles. The normalized spacial score (nSPS) is 10.4. The van der Waals surface area contributed by atoms with E-state index in [1.165, 1.54) is 11.3 Å². The van der Waals surface area contributed by atoms with E-state index in [0.29, 0.717) is 28.7 Å². The third-order valence-electron chi connectivity index (χ3n) is 3.61. The van der Waals surface area contributed by atoms with Crippen LogP contribution in [0.25, 0.3) is 10.8 Å². The van der Waals surface area contributed by atoms with Gasteiger partial charge in [0.1, 0.15) is 5.76 Å². The lowest BCUT2D eigenvalue weighted by molar-refractivity contribution is -0.115. The van der Waals surface area contributed by atoms with Crippen LogP contribution in [-0.2, 0) is 11.2 Å². The van der Waals surface area contributed by atoms with E-state index in [-0.39, 0.29) is 18.4 Å². The van der Waals surface area contributed by atoms with Gasteiger partial charge in [0.2, 0.25) is 11.8 Å². The van der Waals surface area contributed by atoms with Gasteiger partial charge in [0.15, 0.2) is 0 Å². The highest BCUT2D eigenvalue weighted by molar-refractivity contribution is 7.13. The largest absolute Gasteiger partial charge is 0.440 e. The van der Waals surface area contributed by atoms with E-state index in [9.17, 15) is 9.59 Å². The third kappa shape index (κ3) is 4.28. The highest BCUT2D eigenvalue weighted by atomic mass is 32.1. The minimum atomic E-state index is -0.301. The van der Waals surface area contributed by atoms with Gasteiger partial charge in [0, 0.05) is 18.4 Å². The van der Waals surface area contributed by atoms with Crippen LogP contribution in [0.4, 0.5) is 16.2 Å². The molecule has 2 heterocycles. The molecule has 0 atom stereocenters. The molecule has 3 N–H and O–H groups in total. The highest BCUT2D eigenvalue weighted by Gasteiger charge is 2.15. The summed E-state index contributed by atoms with van der Waals surface area (Å²) in [5.74, 6) is 0.977. The number of benzene rings is 1. The number of hydrogen-bond donors (Lipinski definition) is 3. The van der Waals surface area contributed by atoms with E-state index < -0.39 is 0 Å². The molecule has 0 fully saturated rings. The molecule has 8 heteroatoms. The highest BCUT2D eigenvalue weighted by Crippen LogP contribution is 2.26. The first-order valence-corrected chi connectivity index (χ1v) is 8.82. The molecule has 0 aliphatic heterocycles. The summed E-state index contributed by atoms with van der Waals surface area (Å²) in [6.07, 6.45) is 0.124. The molecule has 3 aromatic rings. The predicted molar refractivity (Wildman–Crippen MR) is 101 cm³/mol. The molecule has 0 radical (unpaired) electrons. The van der Waals surface area contributed by atoms with E-state index >= 15 is 0 Å². The standard InChI is InChI=1S/C18H18N4O3S/c1-11-14(22-17(25-11)15-4-3-9-26-15)10-16(23)20-12-5-7-13(8-6-12)21-18(24)19-2/h3-9H,10H2,1-2H3,(H,20,23)(H2,19,21,24). The van der Waals surface area contributed by atoms with Crippen LogP contribution < -0.4 is 16.0 Å². The molecule has 1 aromatic carbocycles. The van der Waals surface area contributed by atoms with E-state index in [4.69, 9.17) is 4.42 Å². The number of oxazole rings is 1. The van der Waals surface area contributed by atoms with Gasteiger partial charge >= 0.3 is 6.03 Å². The fraction of sp³-hybridized carbons (Fsp3) is 0.167. The fourth-order valence-electron chi connectivity index (χ4n) is 2.29. The number of urea groups is 1. The number of amides is 3. The molecule has 0 unspecified atom stereocenters. The summed E-state index contributed by atoms with van der Waals surface area (Å²) in [5, 5.41) is 9.88. The zero-order chi connectivity index (χ0) is 18.5. The van der Waals surface area contributed by atoms with Crippen molar-refractivity contribution in [3.63, 3.8) is 0 Å². The molecule has 0 aliphatic rings. The van der Waals surface area contributed by atoms with Gasteiger partial charge < -0.3 is 20.4 Å². The molecule has 0 aliphatic carbocycles. The Hall–Kier alpha value is -3.13. The summed E-state index contributed by atoms with van der Waals surface area (Å²) in [5.41, 5.74) is 1.89. The maximum absolute atomic E-state index is 12.3. The first-order chi connectivity index (χ1) is 12.5. The van der Waals surface area contributed by atoms with Crippen molar-refractivity contribution in [2.24, 2.45) is 0 Å². The number of anilines is 2. The summed E-state index contributed by atoms with van der Waals surface area (Å²) >= 11 is 1.54. The first-order valence-electron chi connectivity index (χ1n) is 7.94.